The second kappa shape index (κ2) is 8.99. The molecule has 0 saturated carbocycles. The molecule has 0 bridgehead atoms. The zero-order valence-corrected chi connectivity index (χ0v) is 15.2. The highest BCUT2D eigenvalue weighted by Crippen LogP contribution is 2.29. The fraction of sp³-hybridized carbons (Fsp3) is 0.350. The Kier molecular flexibility index (Phi) is 7.00. The second-order valence-corrected chi connectivity index (χ2v) is 6.33. The number of aryl methyl sites for hydroxylation is 1. The summed E-state index contributed by atoms with van der Waals surface area (Å²) in [7, 11) is 0. The molecule has 1 aliphatic heterocycles. The molecule has 1 amide bonds. The minimum absolute atomic E-state index is 0. The van der Waals surface area contributed by atoms with Gasteiger partial charge in [-0.15, -0.1) is 12.4 Å². The summed E-state index contributed by atoms with van der Waals surface area (Å²) in [5.41, 5.74) is 9.61. The van der Waals surface area contributed by atoms with Crippen molar-refractivity contribution < 1.29 is 9.53 Å². The summed E-state index contributed by atoms with van der Waals surface area (Å²) in [5.74, 6) is -0.0637. The maximum absolute atomic E-state index is 12.5. The van der Waals surface area contributed by atoms with Gasteiger partial charge in [-0.1, -0.05) is 42.0 Å². The molecule has 0 aliphatic carbocycles. The van der Waals surface area contributed by atoms with Crippen LogP contribution in [0.5, 0.6) is 0 Å². The first kappa shape index (κ1) is 19.4. The topological polar surface area (TPSA) is 64.3 Å². The molecule has 2 unspecified atom stereocenters. The number of benzene rings is 2. The van der Waals surface area contributed by atoms with Crippen molar-refractivity contribution >= 4 is 18.3 Å². The Morgan fingerprint density at radius 2 is 1.84 bits per heavy atom. The third-order valence-corrected chi connectivity index (χ3v) is 4.50. The summed E-state index contributed by atoms with van der Waals surface area (Å²) in [6.07, 6.45) is 1.79. The van der Waals surface area contributed by atoms with Crippen LogP contribution in [0.4, 0.5) is 0 Å². The Bertz CT molecular complexity index is 686. The van der Waals surface area contributed by atoms with Crippen molar-refractivity contribution in [2.45, 2.75) is 38.5 Å². The minimum atomic E-state index is -0.0911. The highest BCUT2D eigenvalue weighted by molar-refractivity contribution is 5.94. The maximum atomic E-state index is 12.5. The number of hydrogen-bond donors (Lipinski definition) is 2. The first-order valence-electron chi connectivity index (χ1n) is 8.45. The highest BCUT2D eigenvalue weighted by Gasteiger charge is 2.29. The van der Waals surface area contributed by atoms with Crippen LogP contribution in [-0.2, 0) is 11.3 Å². The maximum Gasteiger partial charge on any atom is 0.251 e. The number of rotatable bonds is 4. The van der Waals surface area contributed by atoms with E-state index in [2.05, 4.69) is 36.5 Å². The van der Waals surface area contributed by atoms with Gasteiger partial charge in [0.15, 0.2) is 0 Å². The molecule has 1 heterocycles. The van der Waals surface area contributed by atoms with E-state index in [0.717, 1.165) is 30.6 Å². The van der Waals surface area contributed by atoms with Gasteiger partial charge >= 0.3 is 0 Å². The average Bonchev–Trinajstić information content (AvgIpc) is 2.63. The number of carbonyl (C=O) groups excluding carboxylic acids is 1. The number of amides is 1. The normalized spacial score (nSPS) is 19.8. The molecule has 2 aromatic rings. The molecule has 4 nitrogen and oxygen atoms in total. The summed E-state index contributed by atoms with van der Waals surface area (Å²) in [6.45, 7) is 3.28. The largest absolute Gasteiger partial charge is 0.371 e. The smallest absolute Gasteiger partial charge is 0.251 e. The molecule has 2 atom stereocenters. The lowest BCUT2D eigenvalue weighted by Gasteiger charge is -2.32. The third-order valence-electron chi connectivity index (χ3n) is 4.50. The van der Waals surface area contributed by atoms with Crippen LogP contribution in [0.25, 0.3) is 0 Å². The van der Waals surface area contributed by atoms with Gasteiger partial charge in [-0.3, -0.25) is 4.79 Å². The molecule has 5 heteroatoms. The lowest BCUT2D eigenvalue weighted by atomic mass is 9.95. The number of nitrogens with one attached hydrogen (secondary N) is 1. The molecular weight excluding hydrogens is 336 g/mol. The summed E-state index contributed by atoms with van der Waals surface area (Å²) >= 11 is 0. The summed E-state index contributed by atoms with van der Waals surface area (Å²) in [6, 6.07) is 15.7. The number of halogens is 1. The van der Waals surface area contributed by atoms with Gasteiger partial charge in [0.2, 0.25) is 0 Å². The van der Waals surface area contributed by atoms with Crippen LogP contribution in [0.2, 0.25) is 0 Å². The van der Waals surface area contributed by atoms with Crippen molar-refractivity contribution in [2.24, 2.45) is 5.73 Å². The Balaban J connectivity index is 0.00000225. The van der Waals surface area contributed by atoms with E-state index >= 15 is 0 Å². The van der Waals surface area contributed by atoms with E-state index in [9.17, 15) is 4.79 Å². The number of nitrogens with two attached hydrogens (primary N) is 1. The fourth-order valence-corrected chi connectivity index (χ4v) is 3.06. The summed E-state index contributed by atoms with van der Waals surface area (Å²) in [4.78, 5) is 12.5. The Morgan fingerprint density at radius 1 is 1.16 bits per heavy atom. The predicted molar refractivity (Wildman–Crippen MR) is 102 cm³/mol. The zero-order valence-electron chi connectivity index (χ0n) is 14.4. The molecule has 0 aromatic heterocycles. The minimum Gasteiger partial charge on any atom is -0.371 e. The van der Waals surface area contributed by atoms with E-state index in [1.165, 1.54) is 5.56 Å². The zero-order chi connectivity index (χ0) is 16.9. The van der Waals surface area contributed by atoms with Crippen molar-refractivity contribution in [3.63, 3.8) is 0 Å². The summed E-state index contributed by atoms with van der Waals surface area (Å²) in [5, 5.41) is 3.14. The molecule has 134 valence electrons. The van der Waals surface area contributed by atoms with Gasteiger partial charge in [-0.25, -0.2) is 0 Å². The van der Waals surface area contributed by atoms with Crippen molar-refractivity contribution in [1.29, 1.82) is 0 Å². The van der Waals surface area contributed by atoms with Crippen LogP contribution < -0.4 is 11.1 Å². The van der Waals surface area contributed by atoms with Gasteiger partial charge in [0.1, 0.15) is 6.10 Å². The van der Waals surface area contributed by atoms with Gasteiger partial charge in [0.05, 0.1) is 6.04 Å². The molecular formula is C20H25ClN2O2. The number of hydrogen-bond acceptors (Lipinski definition) is 3. The van der Waals surface area contributed by atoms with Crippen molar-refractivity contribution in [2.75, 3.05) is 6.61 Å². The van der Waals surface area contributed by atoms with Crippen LogP contribution >= 0.6 is 12.4 Å². The lowest BCUT2D eigenvalue weighted by Crippen LogP contribution is -2.42. The molecule has 25 heavy (non-hydrogen) atoms. The lowest BCUT2D eigenvalue weighted by molar-refractivity contribution is -0.00946. The van der Waals surface area contributed by atoms with Gasteiger partial charge < -0.3 is 15.8 Å². The number of ether oxygens (including phenoxy) is 1. The molecule has 2 aromatic carbocycles. The van der Waals surface area contributed by atoms with E-state index in [1.807, 2.05) is 24.3 Å². The van der Waals surface area contributed by atoms with E-state index in [0.29, 0.717) is 12.1 Å². The van der Waals surface area contributed by atoms with E-state index < -0.39 is 0 Å². The quantitative estimate of drug-likeness (QED) is 0.876. The molecule has 1 aliphatic rings. The van der Waals surface area contributed by atoms with Crippen molar-refractivity contribution in [1.82, 2.24) is 5.32 Å². The van der Waals surface area contributed by atoms with Gasteiger partial charge in [-0.05, 0) is 43.0 Å². The molecule has 0 spiro atoms. The average molecular weight is 361 g/mol. The SMILES string of the molecule is Cc1ccc(C2OCCCC2NC(=O)c2ccc(CN)cc2)cc1.Cl. The fourth-order valence-electron chi connectivity index (χ4n) is 3.06. The first-order chi connectivity index (χ1) is 11.7. The van der Waals surface area contributed by atoms with Gasteiger partial charge in [-0.2, -0.15) is 0 Å². The third kappa shape index (κ3) is 4.82. The Morgan fingerprint density at radius 3 is 2.48 bits per heavy atom. The van der Waals surface area contributed by atoms with Crippen LogP contribution in [0.15, 0.2) is 48.5 Å². The van der Waals surface area contributed by atoms with Crippen LogP contribution in [0.3, 0.4) is 0 Å². The Hall–Kier alpha value is -1.88. The van der Waals surface area contributed by atoms with Crippen LogP contribution in [-0.4, -0.2) is 18.6 Å². The number of carbonyl (C=O) groups is 1. The highest BCUT2D eigenvalue weighted by atomic mass is 35.5. The molecule has 0 radical (unpaired) electrons. The predicted octanol–water partition coefficient (Wildman–Crippen LogP) is 3.53. The molecule has 1 fully saturated rings. The van der Waals surface area contributed by atoms with Crippen molar-refractivity contribution in [3.8, 4) is 0 Å². The first-order valence-corrected chi connectivity index (χ1v) is 8.45. The molecule has 3 rings (SSSR count). The second-order valence-electron chi connectivity index (χ2n) is 6.33. The van der Waals surface area contributed by atoms with Crippen LogP contribution in [0.1, 0.15) is 46.0 Å². The molecule has 3 N–H and O–H groups in total. The van der Waals surface area contributed by atoms with E-state index in [1.54, 1.807) is 0 Å². The van der Waals surface area contributed by atoms with Crippen LogP contribution in [0, 0.1) is 6.92 Å². The van der Waals surface area contributed by atoms with E-state index in [4.69, 9.17) is 10.5 Å². The van der Waals surface area contributed by atoms with Gasteiger partial charge in [0, 0.05) is 18.7 Å². The summed E-state index contributed by atoms with van der Waals surface area (Å²) < 4.78 is 5.96. The van der Waals surface area contributed by atoms with Crippen molar-refractivity contribution in [3.05, 3.63) is 70.8 Å². The standard InChI is InChI=1S/C20H24N2O2.ClH/c1-14-4-8-16(9-5-14)19-18(3-2-12-24-19)22-20(23)17-10-6-15(13-21)7-11-17;/h4-11,18-19H,2-3,12-13,21H2,1H3,(H,22,23);1H. The van der Waals surface area contributed by atoms with E-state index in [-0.39, 0.29) is 30.5 Å². The Labute approximate surface area is 155 Å². The monoisotopic (exact) mass is 360 g/mol. The molecule has 1 saturated heterocycles. The van der Waals surface area contributed by atoms with Gasteiger partial charge in [0.25, 0.3) is 5.91 Å².